The van der Waals surface area contributed by atoms with Gasteiger partial charge in [-0.15, -0.1) is 0 Å². The Kier molecular flexibility index (Phi) is 11.3. The molecule has 16 heavy (non-hydrogen) atoms. The number of carbonyl (C=O) groups excluding carboxylic acids is 2. The van der Waals surface area contributed by atoms with Gasteiger partial charge < -0.3 is 21.4 Å². The van der Waals surface area contributed by atoms with Gasteiger partial charge in [-0.2, -0.15) is 0 Å². The number of rotatable bonds is 8. The van der Waals surface area contributed by atoms with E-state index in [4.69, 9.17) is 0 Å². The van der Waals surface area contributed by atoms with E-state index >= 15 is 0 Å². The fourth-order valence-corrected chi connectivity index (χ4v) is 1.26. The minimum Gasteiger partial charge on any atom is -0.548 e. The number of unbranched alkanes of at least 4 members (excludes halogenated alkanes) is 4. The molecule has 0 rings (SSSR count). The molecule has 0 saturated carbocycles. The normalized spacial score (nSPS) is 11.4. The van der Waals surface area contributed by atoms with Gasteiger partial charge in [0.1, 0.15) is 0 Å². The van der Waals surface area contributed by atoms with E-state index in [0.29, 0.717) is 6.42 Å². The number of amides is 1. The predicted octanol–water partition coefficient (Wildman–Crippen LogP) is 0.978. The van der Waals surface area contributed by atoms with Crippen molar-refractivity contribution in [2.45, 2.75) is 58.4 Å². The second-order valence-corrected chi connectivity index (χ2v) is 3.77. The molecule has 1 atom stereocenters. The van der Waals surface area contributed by atoms with Gasteiger partial charge in [-0.05, 0) is 13.3 Å². The number of carboxylic acids is 1. The Morgan fingerprint density at radius 3 is 2.25 bits per heavy atom. The predicted molar refractivity (Wildman–Crippen MR) is 62.0 cm³/mol. The molecule has 5 nitrogen and oxygen atoms in total. The van der Waals surface area contributed by atoms with Crippen LogP contribution in [0.25, 0.3) is 0 Å². The van der Waals surface area contributed by atoms with Crippen LogP contribution in [0.3, 0.4) is 0 Å². The summed E-state index contributed by atoms with van der Waals surface area (Å²) in [6, 6.07) is -0.895. The van der Waals surface area contributed by atoms with Crippen LogP contribution in [0.5, 0.6) is 0 Å². The van der Waals surface area contributed by atoms with Crippen molar-refractivity contribution in [2.75, 3.05) is 0 Å². The van der Waals surface area contributed by atoms with Crippen LogP contribution < -0.4 is 16.6 Å². The molecule has 0 saturated heterocycles. The lowest BCUT2D eigenvalue weighted by atomic mass is 10.1. The summed E-state index contributed by atoms with van der Waals surface area (Å²) in [5.74, 6) is -1.45. The summed E-state index contributed by atoms with van der Waals surface area (Å²) < 4.78 is 0. The fourth-order valence-electron chi connectivity index (χ4n) is 1.26. The summed E-state index contributed by atoms with van der Waals surface area (Å²) in [4.78, 5) is 21.5. The van der Waals surface area contributed by atoms with Gasteiger partial charge in [0, 0.05) is 6.42 Å². The van der Waals surface area contributed by atoms with Crippen LogP contribution in [0.2, 0.25) is 0 Å². The van der Waals surface area contributed by atoms with E-state index in [2.05, 4.69) is 12.2 Å². The highest BCUT2D eigenvalue weighted by molar-refractivity contribution is 5.82. The Balaban J connectivity index is 0. The second kappa shape index (κ2) is 10.4. The number of carbonyl (C=O) groups is 2. The zero-order chi connectivity index (χ0) is 11.7. The van der Waals surface area contributed by atoms with E-state index in [1.807, 2.05) is 0 Å². The first kappa shape index (κ1) is 17.3. The van der Waals surface area contributed by atoms with E-state index in [0.717, 1.165) is 19.3 Å². The zero-order valence-electron chi connectivity index (χ0n) is 10.5. The Labute approximate surface area is 97.2 Å². The summed E-state index contributed by atoms with van der Waals surface area (Å²) >= 11 is 0. The number of nitrogens with one attached hydrogen (secondary N) is 1. The second-order valence-electron chi connectivity index (χ2n) is 3.77. The first-order chi connectivity index (χ1) is 7.07. The van der Waals surface area contributed by atoms with Crippen molar-refractivity contribution in [2.24, 2.45) is 0 Å². The molecule has 5 N–H and O–H groups in total. The topological polar surface area (TPSA) is 106 Å². The van der Waals surface area contributed by atoms with Crippen molar-refractivity contribution in [3.63, 3.8) is 0 Å². The molecule has 0 spiro atoms. The molecule has 0 fully saturated rings. The Morgan fingerprint density at radius 2 is 1.75 bits per heavy atom. The maximum atomic E-state index is 11.2. The summed E-state index contributed by atoms with van der Waals surface area (Å²) in [6.45, 7) is 3.54. The van der Waals surface area contributed by atoms with Crippen LogP contribution >= 0.6 is 0 Å². The van der Waals surface area contributed by atoms with Crippen LogP contribution in [0.4, 0.5) is 0 Å². The summed E-state index contributed by atoms with van der Waals surface area (Å²) in [5.41, 5.74) is 0. The van der Waals surface area contributed by atoms with Crippen LogP contribution in [0.15, 0.2) is 0 Å². The molecule has 0 radical (unpaired) electrons. The highest BCUT2D eigenvalue weighted by Crippen LogP contribution is 2.04. The van der Waals surface area contributed by atoms with Gasteiger partial charge in [0.25, 0.3) is 0 Å². The molecule has 5 heteroatoms. The number of hydrogen-bond acceptors (Lipinski definition) is 3. The number of quaternary nitrogens is 1. The summed E-state index contributed by atoms with van der Waals surface area (Å²) in [5, 5.41) is 12.7. The van der Waals surface area contributed by atoms with E-state index in [-0.39, 0.29) is 12.1 Å². The molecule has 0 heterocycles. The standard InChI is InChI=1S/C11H21NO3.H3N/c1-3-4-5-6-7-8-10(13)12-9(2)11(14)15;/h9H,3-8H2,1-2H3,(H,12,13)(H,14,15);1H3/t9-;/m0./s1. The molecule has 0 aromatic heterocycles. The number of aliphatic carboxylic acids is 1. The van der Waals surface area contributed by atoms with Crippen molar-refractivity contribution >= 4 is 11.9 Å². The van der Waals surface area contributed by atoms with Crippen molar-refractivity contribution in [3.05, 3.63) is 0 Å². The molecule has 0 aliphatic heterocycles. The summed E-state index contributed by atoms with van der Waals surface area (Å²) in [7, 11) is 0. The van der Waals surface area contributed by atoms with Crippen molar-refractivity contribution < 1.29 is 14.7 Å². The smallest absolute Gasteiger partial charge is 0.220 e. The van der Waals surface area contributed by atoms with Gasteiger partial charge in [0.2, 0.25) is 5.91 Å². The average Bonchev–Trinajstić information content (AvgIpc) is 2.17. The Bertz CT molecular complexity index is 207. The van der Waals surface area contributed by atoms with Gasteiger partial charge in [-0.3, -0.25) is 4.79 Å². The van der Waals surface area contributed by atoms with Crippen LogP contribution in [0.1, 0.15) is 52.4 Å². The molecule has 0 unspecified atom stereocenters. The highest BCUT2D eigenvalue weighted by Gasteiger charge is 2.06. The first-order valence-corrected chi connectivity index (χ1v) is 5.58. The molecular formula is C11H24N2O3. The third kappa shape index (κ3) is 9.45. The van der Waals surface area contributed by atoms with Crippen molar-refractivity contribution in [3.8, 4) is 0 Å². The highest BCUT2D eigenvalue weighted by atomic mass is 16.4. The molecule has 1 amide bonds. The van der Waals surface area contributed by atoms with E-state index < -0.39 is 12.0 Å². The van der Waals surface area contributed by atoms with Crippen LogP contribution in [0, 0.1) is 0 Å². The summed E-state index contributed by atoms with van der Waals surface area (Å²) in [6.07, 6.45) is 5.76. The third-order valence-electron chi connectivity index (χ3n) is 2.24. The lowest BCUT2D eigenvalue weighted by Gasteiger charge is -2.14. The zero-order valence-corrected chi connectivity index (χ0v) is 10.5. The monoisotopic (exact) mass is 232 g/mol. The van der Waals surface area contributed by atoms with Gasteiger partial charge in [-0.25, -0.2) is 0 Å². The minimum absolute atomic E-state index is 0. The molecule has 0 aliphatic rings. The van der Waals surface area contributed by atoms with Gasteiger partial charge >= 0.3 is 0 Å². The molecule has 0 aliphatic carbocycles. The Morgan fingerprint density at radius 1 is 1.19 bits per heavy atom. The van der Waals surface area contributed by atoms with E-state index in [1.165, 1.54) is 19.8 Å². The third-order valence-corrected chi connectivity index (χ3v) is 2.24. The minimum atomic E-state index is -1.24. The first-order valence-electron chi connectivity index (χ1n) is 5.58. The number of hydrogen-bond donors (Lipinski definition) is 2. The van der Waals surface area contributed by atoms with Gasteiger partial charge in [0.15, 0.2) is 0 Å². The maximum absolute atomic E-state index is 11.2. The maximum Gasteiger partial charge on any atom is 0.220 e. The van der Waals surface area contributed by atoms with Crippen molar-refractivity contribution in [1.82, 2.24) is 11.5 Å². The van der Waals surface area contributed by atoms with Gasteiger partial charge in [-0.1, -0.05) is 32.6 Å². The van der Waals surface area contributed by atoms with Crippen molar-refractivity contribution in [1.29, 1.82) is 0 Å². The lowest BCUT2D eigenvalue weighted by Crippen LogP contribution is -2.45. The number of carboxylic acid groups (broad SMARTS) is 1. The van der Waals surface area contributed by atoms with E-state index in [9.17, 15) is 14.7 Å². The largest absolute Gasteiger partial charge is 0.548 e. The lowest BCUT2D eigenvalue weighted by molar-refractivity contribution is -0.307. The Hall–Kier alpha value is -1.10. The molecule has 96 valence electrons. The van der Waals surface area contributed by atoms with Crippen LogP contribution in [-0.4, -0.2) is 17.9 Å². The van der Waals surface area contributed by atoms with Crippen LogP contribution in [-0.2, 0) is 9.59 Å². The fraction of sp³-hybridized carbons (Fsp3) is 0.818. The molecular weight excluding hydrogens is 208 g/mol. The molecule has 0 aromatic rings. The molecule has 0 aromatic carbocycles. The SMILES string of the molecule is CCCCCCCC(=O)N[C@@H](C)C(=O)[O-].[NH4+]. The van der Waals surface area contributed by atoms with Gasteiger partial charge in [0.05, 0.1) is 12.0 Å². The quantitative estimate of drug-likeness (QED) is 0.609. The molecule has 0 bridgehead atoms. The average molecular weight is 232 g/mol. The van der Waals surface area contributed by atoms with E-state index in [1.54, 1.807) is 0 Å².